The second-order valence-corrected chi connectivity index (χ2v) is 4.72. The normalized spacial score (nSPS) is 9.92. The molecule has 0 saturated heterocycles. The first-order valence-corrected chi connectivity index (χ1v) is 5.73. The molecule has 63 valence electrons. The number of hydrogen-bond donors (Lipinski definition) is 0. The van der Waals surface area contributed by atoms with E-state index < -0.39 is 8.80 Å². The summed E-state index contributed by atoms with van der Waals surface area (Å²) in [5, 5.41) is 1.09. The van der Waals surface area contributed by atoms with Crippen LogP contribution < -0.4 is 5.19 Å². The van der Waals surface area contributed by atoms with Crippen LogP contribution in [0.2, 0.25) is 6.55 Å². The molecule has 1 aromatic rings. The van der Waals surface area contributed by atoms with Crippen LogP contribution in [0.25, 0.3) is 0 Å². The van der Waals surface area contributed by atoms with Crippen molar-refractivity contribution >= 4 is 19.6 Å². The Balaban J connectivity index is 2.78. The smallest absolute Gasteiger partial charge is 0.274 e. The fourth-order valence-corrected chi connectivity index (χ4v) is 2.19. The molecule has 1 radical (unpaired) electrons. The first-order chi connectivity index (χ1) is 5.75. The largest absolute Gasteiger partial charge is 0.473 e. The summed E-state index contributed by atoms with van der Waals surface area (Å²) in [4.78, 5) is 11.1. The van der Waals surface area contributed by atoms with E-state index in [2.05, 4.69) is 4.74 Å². The fraction of sp³-hybridized carbons (Fsp3) is 0.222. The van der Waals surface area contributed by atoms with Gasteiger partial charge in [0, 0.05) is 0 Å². The third-order valence-electron chi connectivity index (χ3n) is 1.70. The van der Waals surface area contributed by atoms with Crippen LogP contribution >= 0.6 is 0 Å². The maximum atomic E-state index is 11.1. The lowest BCUT2D eigenvalue weighted by atomic mass is 10.4. The van der Waals surface area contributed by atoms with E-state index in [0.717, 1.165) is 5.19 Å². The van der Waals surface area contributed by atoms with E-state index in [1.165, 1.54) is 7.11 Å². The SMILES string of the molecule is COC(=O)[Si](C)c1ccccc1. The molecule has 0 aromatic heterocycles. The summed E-state index contributed by atoms with van der Waals surface area (Å²) in [7, 11) is 0.273. The molecule has 0 saturated carbocycles. The number of carbonyl (C=O) groups is 1. The number of rotatable bonds is 2. The summed E-state index contributed by atoms with van der Waals surface area (Å²) >= 11 is 0. The Morgan fingerprint density at radius 1 is 1.33 bits per heavy atom. The van der Waals surface area contributed by atoms with Gasteiger partial charge in [-0.3, -0.25) is 4.79 Å². The quantitative estimate of drug-likeness (QED) is 0.641. The molecule has 0 unspecified atom stereocenters. The summed E-state index contributed by atoms with van der Waals surface area (Å²) < 4.78 is 4.67. The van der Waals surface area contributed by atoms with Gasteiger partial charge in [0.15, 0.2) is 0 Å². The summed E-state index contributed by atoms with van der Waals surface area (Å²) in [6, 6.07) is 9.74. The van der Waals surface area contributed by atoms with Crippen LogP contribution in [0.5, 0.6) is 0 Å². The van der Waals surface area contributed by atoms with Crippen molar-refractivity contribution in [3.63, 3.8) is 0 Å². The minimum Gasteiger partial charge on any atom is -0.473 e. The Morgan fingerprint density at radius 3 is 2.42 bits per heavy atom. The van der Waals surface area contributed by atoms with Crippen LogP contribution in [-0.4, -0.2) is 21.5 Å². The van der Waals surface area contributed by atoms with Crippen LogP contribution in [0.1, 0.15) is 0 Å². The number of hydrogen-bond acceptors (Lipinski definition) is 2. The van der Waals surface area contributed by atoms with E-state index in [9.17, 15) is 4.79 Å². The lowest BCUT2D eigenvalue weighted by Crippen LogP contribution is -2.35. The predicted molar refractivity (Wildman–Crippen MR) is 50.1 cm³/mol. The fourth-order valence-electron chi connectivity index (χ4n) is 0.959. The van der Waals surface area contributed by atoms with Gasteiger partial charge in [0.25, 0.3) is 5.59 Å². The van der Waals surface area contributed by atoms with E-state index in [0.29, 0.717) is 0 Å². The van der Waals surface area contributed by atoms with Crippen molar-refractivity contribution in [1.29, 1.82) is 0 Å². The highest BCUT2D eigenvalue weighted by atomic mass is 28.3. The zero-order chi connectivity index (χ0) is 8.97. The zero-order valence-electron chi connectivity index (χ0n) is 7.20. The Kier molecular flexibility index (Phi) is 3.05. The Labute approximate surface area is 73.8 Å². The van der Waals surface area contributed by atoms with Crippen molar-refractivity contribution in [2.75, 3.05) is 7.11 Å². The van der Waals surface area contributed by atoms with Crippen LogP contribution in [-0.2, 0) is 4.74 Å². The number of carbonyl (C=O) groups excluding carboxylic acids is 1. The molecule has 0 fully saturated rings. The lowest BCUT2D eigenvalue weighted by molar-refractivity contribution is 0.197. The second kappa shape index (κ2) is 4.06. The van der Waals surface area contributed by atoms with Gasteiger partial charge in [0.2, 0.25) is 8.80 Å². The minimum atomic E-state index is -1.16. The minimum absolute atomic E-state index is 0.0915. The van der Waals surface area contributed by atoms with E-state index in [1.807, 2.05) is 36.9 Å². The van der Waals surface area contributed by atoms with Crippen LogP contribution in [0.4, 0.5) is 4.79 Å². The van der Waals surface area contributed by atoms with E-state index >= 15 is 0 Å². The molecule has 0 bridgehead atoms. The number of ether oxygens (including phenoxy) is 1. The van der Waals surface area contributed by atoms with Gasteiger partial charge in [0.05, 0.1) is 7.11 Å². The third-order valence-corrected chi connectivity index (χ3v) is 3.71. The Hall–Kier alpha value is -1.09. The van der Waals surface area contributed by atoms with E-state index in [4.69, 9.17) is 0 Å². The van der Waals surface area contributed by atoms with Crippen LogP contribution in [0.15, 0.2) is 30.3 Å². The monoisotopic (exact) mass is 179 g/mol. The molecule has 0 aliphatic heterocycles. The molecule has 0 N–H and O–H groups in total. The first-order valence-electron chi connectivity index (χ1n) is 3.73. The molecular formula is C9H11O2Si. The van der Waals surface area contributed by atoms with Gasteiger partial charge < -0.3 is 4.74 Å². The summed E-state index contributed by atoms with van der Waals surface area (Å²) in [5.74, 6) is 0. The van der Waals surface area contributed by atoms with Gasteiger partial charge in [-0.05, 0) is 5.19 Å². The summed E-state index contributed by atoms with van der Waals surface area (Å²) in [6.45, 7) is 1.94. The second-order valence-electron chi connectivity index (χ2n) is 2.48. The topological polar surface area (TPSA) is 26.3 Å². The van der Waals surface area contributed by atoms with Crippen LogP contribution in [0.3, 0.4) is 0 Å². The average Bonchev–Trinajstić information content (AvgIpc) is 2.17. The zero-order valence-corrected chi connectivity index (χ0v) is 8.20. The van der Waals surface area contributed by atoms with Gasteiger partial charge in [0.1, 0.15) is 0 Å². The Bertz CT molecular complexity index is 258. The lowest BCUT2D eigenvalue weighted by Gasteiger charge is -2.05. The number of methoxy groups -OCH3 is 1. The molecule has 0 aliphatic rings. The molecule has 1 aromatic carbocycles. The van der Waals surface area contributed by atoms with Crippen molar-refractivity contribution < 1.29 is 9.53 Å². The van der Waals surface area contributed by atoms with Crippen molar-refractivity contribution in [3.05, 3.63) is 30.3 Å². The molecular weight excluding hydrogens is 168 g/mol. The van der Waals surface area contributed by atoms with Gasteiger partial charge in [-0.2, -0.15) is 0 Å². The number of benzene rings is 1. The van der Waals surface area contributed by atoms with E-state index in [-0.39, 0.29) is 5.59 Å². The molecule has 2 nitrogen and oxygen atoms in total. The van der Waals surface area contributed by atoms with Crippen molar-refractivity contribution in [2.45, 2.75) is 6.55 Å². The maximum absolute atomic E-state index is 11.1. The standard InChI is InChI=1S/C9H11O2Si/c1-11-9(10)12(2)8-6-4-3-5-7-8/h3-7H,1-2H3. The van der Waals surface area contributed by atoms with Crippen molar-refractivity contribution in [1.82, 2.24) is 0 Å². The highest BCUT2D eigenvalue weighted by Crippen LogP contribution is 1.91. The predicted octanol–water partition coefficient (Wildman–Crippen LogP) is 1.37. The maximum Gasteiger partial charge on any atom is 0.274 e. The third kappa shape index (κ3) is 1.95. The Morgan fingerprint density at radius 2 is 1.92 bits per heavy atom. The average molecular weight is 179 g/mol. The molecule has 12 heavy (non-hydrogen) atoms. The molecule has 0 heterocycles. The van der Waals surface area contributed by atoms with Gasteiger partial charge in [-0.1, -0.05) is 36.9 Å². The molecule has 0 aliphatic carbocycles. The van der Waals surface area contributed by atoms with Gasteiger partial charge >= 0.3 is 0 Å². The van der Waals surface area contributed by atoms with Gasteiger partial charge in [-0.25, -0.2) is 0 Å². The van der Waals surface area contributed by atoms with E-state index in [1.54, 1.807) is 0 Å². The van der Waals surface area contributed by atoms with Crippen LogP contribution in [0, 0.1) is 0 Å². The van der Waals surface area contributed by atoms with Crippen molar-refractivity contribution in [3.8, 4) is 0 Å². The molecule has 3 heteroatoms. The molecule has 0 amide bonds. The first kappa shape index (κ1) is 9.00. The molecule has 1 rings (SSSR count). The molecule has 0 atom stereocenters. The highest BCUT2D eigenvalue weighted by molar-refractivity contribution is 6.97. The highest BCUT2D eigenvalue weighted by Gasteiger charge is 2.17. The van der Waals surface area contributed by atoms with Crippen molar-refractivity contribution in [2.24, 2.45) is 0 Å². The van der Waals surface area contributed by atoms with Gasteiger partial charge in [-0.15, -0.1) is 0 Å². The molecule has 0 spiro atoms. The summed E-state index contributed by atoms with van der Waals surface area (Å²) in [5.41, 5.74) is -0.0915. The summed E-state index contributed by atoms with van der Waals surface area (Å²) in [6.07, 6.45) is 0.